The van der Waals surface area contributed by atoms with E-state index < -0.39 is 6.43 Å². The Balaban J connectivity index is 2.05. The highest BCUT2D eigenvalue weighted by Crippen LogP contribution is 2.38. The Morgan fingerprint density at radius 2 is 1.80 bits per heavy atom. The number of hydrogen-bond acceptors (Lipinski definition) is 0. The predicted molar refractivity (Wildman–Crippen MR) is 57.1 cm³/mol. The smallest absolute Gasteiger partial charge is 0.210 e. The van der Waals surface area contributed by atoms with Crippen LogP contribution in [-0.2, 0) is 0 Å². The maximum atomic E-state index is 12.6. The third-order valence-corrected chi connectivity index (χ3v) is 3.34. The van der Waals surface area contributed by atoms with Gasteiger partial charge in [0.05, 0.1) is 0 Å². The zero-order valence-electron chi connectivity index (χ0n) is 8.70. The van der Waals surface area contributed by atoms with E-state index in [4.69, 9.17) is 0 Å². The lowest BCUT2D eigenvalue weighted by molar-refractivity contribution is 0.0511. The Kier molecular flexibility index (Phi) is 3.34. The highest BCUT2D eigenvalue weighted by atomic mass is 19.3. The second kappa shape index (κ2) is 4.73. The van der Waals surface area contributed by atoms with Gasteiger partial charge in [-0.25, -0.2) is 8.78 Å². The number of alkyl halides is 2. The van der Waals surface area contributed by atoms with Crippen molar-refractivity contribution in [3.63, 3.8) is 0 Å². The molecule has 0 saturated heterocycles. The third-order valence-electron chi connectivity index (χ3n) is 3.34. The fourth-order valence-electron chi connectivity index (χ4n) is 2.48. The molecule has 0 radical (unpaired) electrons. The molecular weight excluding hydrogens is 194 g/mol. The van der Waals surface area contributed by atoms with Gasteiger partial charge in [-0.2, -0.15) is 0 Å². The van der Waals surface area contributed by atoms with Gasteiger partial charge < -0.3 is 0 Å². The van der Waals surface area contributed by atoms with E-state index in [1.165, 1.54) is 5.56 Å². The van der Waals surface area contributed by atoms with Crippen LogP contribution in [0.4, 0.5) is 8.78 Å². The molecule has 1 aliphatic carbocycles. The molecule has 0 aromatic heterocycles. The van der Waals surface area contributed by atoms with E-state index in [-0.39, 0.29) is 5.92 Å². The molecule has 2 unspecified atom stereocenters. The van der Waals surface area contributed by atoms with Crippen LogP contribution in [-0.4, -0.2) is 6.43 Å². The summed E-state index contributed by atoms with van der Waals surface area (Å²) in [6.45, 7) is 0. The summed E-state index contributed by atoms with van der Waals surface area (Å²) in [5.74, 6) is -0.0390. The van der Waals surface area contributed by atoms with E-state index in [0.29, 0.717) is 18.8 Å². The van der Waals surface area contributed by atoms with Crippen LogP contribution in [0.2, 0.25) is 0 Å². The van der Waals surface area contributed by atoms with Gasteiger partial charge in [0.15, 0.2) is 0 Å². The summed E-state index contributed by atoms with van der Waals surface area (Å²) >= 11 is 0. The molecule has 1 aliphatic rings. The first-order chi connectivity index (χ1) is 7.27. The van der Waals surface area contributed by atoms with Gasteiger partial charge in [-0.15, -0.1) is 0 Å². The number of hydrogen-bond donors (Lipinski definition) is 0. The number of benzene rings is 1. The van der Waals surface area contributed by atoms with Crippen LogP contribution in [0, 0.1) is 5.92 Å². The summed E-state index contributed by atoms with van der Waals surface area (Å²) in [6.07, 6.45) is 1.21. The fraction of sp³-hybridized carbons (Fsp3) is 0.538. The van der Waals surface area contributed by atoms with Crippen LogP contribution in [0.3, 0.4) is 0 Å². The Hall–Kier alpha value is -0.920. The molecule has 1 aromatic rings. The van der Waals surface area contributed by atoms with Crippen molar-refractivity contribution in [1.82, 2.24) is 0 Å². The van der Waals surface area contributed by atoms with E-state index in [2.05, 4.69) is 12.1 Å². The lowest BCUT2D eigenvalue weighted by Gasteiger charge is -2.28. The van der Waals surface area contributed by atoms with E-state index >= 15 is 0 Å². The largest absolute Gasteiger partial charge is 0.241 e. The molecule has 0 aliphatic heterocycles. The molecule has 0 bridgehead atoms. The van der Waals surface area contributed by atoms with Gasteiger partial charge in [0.25, 0.3) is 0 Å². The molecule has 2 heteroatoms. The molecule has 0 spiro atoms. The van der Waals surface area contributed by atoms with E-state index in [0.717, 1.165) is 12.8 Å². The van der Waals surface area contributed by atoms with Gasteiger partial charge in [0.2, 0.25) is 6.43 Å². The van der Waals surface area contributed by atoms with Crippen LogP contribution in [0.15, 0.2) is 30.3 Å². The van der Waals surface area contributed by atoms with Crippen molar-refractivity contribution in [1.29, 1.82) is 0 Å². The minimum absolute atomic E-state index is 0.346. The molecule has 2 rings (SSSR count). The zero-order valence-corrected chi connectivity index (χ0v) is 8.70. The van der Waals surface area contributed by atoms with E-state index in [9.17, 15) is 8.78 Å². The molecule has 0 nitrogen and oxygen atoms in total. The van der Waals surface area contributed by atoms with Crippen LogP contribution >= 0.6 is 0 Å². The van der Waals surface area contributed by atoms with Gasteiger partial charge in [-0.3, -0.25) is 0 Å². The molecule has 0 N–H and O–H groups in total. The van der Waals surface area contributed by atoms with Gasteiger partial charge in [-0.05, 0) is 30.7 Å². The van der Waals surface area contributed by atoms with Gasteiger partial charge in [0.1, 0.15) is 0 Å². The quantitative estimate of drug-likeness (QED) is 0.685. The monoisotopic (exact) mass is 210 g/mol. The first-order valence-electron chi connectivity index (χ1n) is 5.60. The Morgan fingerprint density at radius 1 is 1.07 bits per heavy atom. The Labute approximate surface area is 89.3 Å². The molecule has 2 atom stereocenters. The third kappa shape index (κ3) is 2.55. The highest BCUT2D eigenvalue weighted by Gasteiger charge is 2.28. The van der Waals surface area contributed by atoms with Crippen molar-refractivity contribution in [2.24, 2.45) is 5.92 Å². The Bertz CT molecular complexity index is 295. The van der Waals surface area contributed by atoms with E-state index in [1.807, 2.05) is 18.2 Å². The first kappa shape index (κ1) is 10.6. The van der Waals surface area contributed by atoms with Crippen molar-refractivity contribution in [3.05, 3.63) is 35.9 Å². The van der Waals surface area contributed by atoms with Crippen LogP contribution in [0.25, 0.3) is 0 Å². The summed E-state index contributed by atoms with van der Waals surface area (Å²) in [4.78, 5) is 0. The molecule has 0 heterocycles. The molecular formula is C13H16F2. The summed E-state index contributed by atoms with van der Waals surface area (Å²) < 4.78 is 25.2. The minimum Gasteiger partial charge on any atom is -0.210 e. The van der Waals surface area contributed by atoms with Crippen molar-refractivity contribution < 1.29 is 8.78 Å². The number of rotatable bonds is 2. The molecule has 0 amide bonds. The van der Waals surface area contributed by atoms with Crippen LogP contribution in [0.1, 0.15) is 37.2 Å². The van der Waals surface area contributed by atoms with Gasteiger partial charge >= 0.3 is 0 Å². The first-order valence-corrected chi connectivity index (χ1v) is 5.60. The second-order valence-corrected chi connectivity index (χ2v) is 4.37. The molecule has 82 valence electrons. The molecule has 1 aromatic carbocycles. The SMILES string of the molecule is FC(F)C1CCCC(c2ccccc2)C1. The minimum atomic E-state index is -2.14. The fourth-order valence-corrected chi connectivity index (χ4v) is 2.48. The van der Waals surface area contributed by atoms with Crippen molar-refractivity contribution in [3.8, 4) is 0 Å². The van der Waals surface area contributed by atoms with Crippen molar-refractivity contribution in [2.75, 3.05) is 0 Å². The number of halogens is 2. The maximum Gasteiger partial charge on any atom is 0.241 e. The molecule has 1 fully saturated rings. The maximum absolute atomic E-state index is 12.6. The Morgan fingerprint density at radius 3 is 2.47 bits per heavy atom. The molecule has 1 saturated carbocycles. The van der Waals surface area contributed by atoms with Crippen LogP contribution < -0.4 is 0 Å². The van der Waals surface area contributed by atoms with Gasteiger partial charge in [0, 0.05) is 5.92 Å². The predicted octanol–water partition coefficient (Wildman–Crippen LogP) is 4.23. The molecule has 15 heavy (non-hydrogen) atoms. The lowest BCUT2D eigenvalue weighted by atomic mass is 9.78. The summed E-state index contributed by atoms with van der Waals surface area (Å²) in [6, 6.07) is 10.1. The van der Waals surface area contributed by atoms with Crippen molar-refractivity contribution >= 4 is 0 Å². The summed E-state index contributed by atoms with van der Waals surface area (Å²) in [5, 5.41) is 0. The lowest BCUT2D eigenvalue weighted by Crippen LogP contribution is -2.20. The summed E-state index contributed by atoms with van der Waals surface area (Å²) in [5.41, 5.74) is 1.22. The normalized spacial score (nSPS) is 26.9. The van der Waals surface area contributed by atoms with Crippen LogP contribution in [0.5, 0.6) is 0 Å². The second-order valence-electron chi connectivity index (χ2n) is 4.37. The van der Waals surface area contributed by atoms with Crippen molar-refractivity contribution in [2.45, 2.75) is 38.0 Å². The van der Waals surface area contributed by atoms with Gasteiger partial charge in [-0.1, -0.05) is 36.8 Å². The summed E-state index contributed by atoms with van der Waals surface area (Å²) in [7, 11) is 0. The zero-order chi connectivity index (χ0) is 10.7. The highest BCUT2D eigenvalue weighted by molar-refractivity contribution is 5.20. The average Bonchev–Trinajstić information content (AvgIpc) is 2.30. The topological polar surface area (TPSA) is 0 Å². The average molecular weight is 210 g/mol. The van der Waals surface area contributed by atoms with E-state index in [1.54, 1.807) is 0 Å². The standard InChI is InChI=1S/C13H16F2/c14-13(15)12-8-4-7-11(9-12)10-5-2-1-3-6-10/h1-3,5-6,11-13H,4,7-9H2.